The quantitative estimate of drug-likeness (QED) is 0.0429. The predicted molar refractivity (Wildman–Crippen MR) is 431 cm³/mol. The molecule has 0 saturated carbocycles. The number of nitrogens with zero attached hydrogens (tertiary/aromatic N) is 1. The number of aliphatic hydroxyl groups is 9. The second-order valence-electron chi connectivity index (χ2n) is 31.6. The van der Waals surface area contributed by atoms with Crippen molar-refractivity contribution < 1.29 is 133 Å². The number of primary amides is 1. The third-order valence-electron chi connectivity index (χ3n) is 22.1. The van der Waals surface area contributed by atoms with Gasteiger partial charge < -0.3 is 158 Å². The Morgan fingerprint density at radius 2 is 1.32 bits per heavy atom. The molecule has 0 aromatic heterocycles. The minimum atomic E-state index is -2.38. The van der Waals surface area contributed by atoms with Gasteiger partial charge in [-0.2, -0.15) is 0 Å². The molecular weight excluding hydrogens is 1640 g/mol. The fraction of sp³-hybridized carbons (Fsp3) is 0.476. The maximum Gasteiger partial charge on any atom is 0.248 e. The van der Waals surface area contributed by atoms with Crippen molar-refractivity contribution in [1.82, 2.24) is 42.5 Å². The van der Waals surface area contributed by atoms with Crippen molar-refractivity contribution >= 4 is 70.2 Å². The van der Waals surface area contributed by atoms with Crippen molar-refractivity contribution in [2.75, 3.05) is 44.7 Å². The number of likely N-dealkylation sites (N-methyl/N-ethyl adjacent to an activating group) is 2. The van der Waals surface area contributed by atoms with Gasteiger partial charge in [-0.1, -0.05) is 67.4 Å². The van der Waals surface area contributed by atoms with Crippen LogP contribution in [0, 0.1) is 12.8 Å². The highest BCUT2D eigenvalue weighted by Gasteiger charge is 2.53. The summed E-state index contributed by atoms with van der Waals surface area (Å²) in [6, 6.07) is 10.0. The number of carbonyl (C=O) groups is 7. The Labute approximate surface area is 708 Å². The SMILES string of the molecule is CCN(CCNC[C@H]1O[C@@H](O[C@H]2[C@H](O)[C@@H](O)[C@H](Oc3c4cc5cc3Oc3ccc(cc3Cl)[C@@H](O[C@H]3C[C@](C)(N)[C@@H](O)[C@H](C)O3)[C@@H]3NC(=O)[C@H](NC(=O)[C@@H]5NC(=O)C(CC(N)=O)NC(=O)C(NC(=O)[C@@H](CC(C)C)NC)[C@H](O)c5ccc(c(Cl)c5)O4)c4ccc(O)c(c4)-c4c(O)cc(O)cc4[C@@H](O)NC3=O)O[C@@H]2CO)[C@H](O)[C@@H](O)[C@H]1O)c1cccc(C)c1. The van der Waals surface area contributed by atoms with Crippen LogP contribution in [0.3, 0.4) is 0 Å². The second-order valence-corrected chi connectivity index (χ2v) is 32.4. The number of halogens is 2. The number of nitrogens with one attached hydrogen (secondary N) is 8. The van der Waals surface area contributed by atoms with Crippen molar-refractivity contribution in [3.05, 3.63) is 147 Å². The van der Waals surface area contributed by atoms with E-state index in [1.165, 1.54) is 51.2 Å². The van der Waals surface area contributed by atoms with Gasteiger partial charge in [-0.25, -0.2) is 0 Å². The number of nitrogens with two attached hydrogens (primary N) is 2. The zero-order valence-electron chi connectivity index (χ0n) is 67.1. The Bertz CT molecular complexity index is 4860. The standard InChI is InChI=1S/C82H101Cl2N11O27/c1-8-95(40-11-9-10-34(4)21-40)19-18-88-31-54-64(102)65(103)67(105)80(118-54)122-71-55(32-96)119-81(68(106)66(71)104)121-70-52-25-39-26-53(70)117-51-17-14-38(24-45(51)84)69(120-57-30-82(6,86)72(107)35(5)115-57)62-79(114)94-73(108)43-27-41(97)28-49(99)58(43)42-22-36(12-15-48(42)98)59(76(111)93-62)91-77(112)60(39)90-75(110)47(29-56(85)100)89-78(113)61(92-74(109)46(87-7)20-33(2)3)63(101)37-13-16-50(116-52)44(83)23-37/h9-17,21-28,33,35,46-47,54-55,57,59-69,71-73,80-81,87-88,96-99,101-108H,8,18-20,29-32,86H2,1-7H3,(H2,85,100)(H,89,113)(H,90,110)(H,91,112)(H,92,109)(H,93,111)(H,94,114)/t35-,46+,47?,54+,55+,57-,59+,60+,61?,62-,63+,64-,65-,66+,67+,68+,69+,71+,72-,73+,80-,81-,82-/m0/s1. The first-order valence-corrected chi connectivity index (χ1v) is 40.2. The molecule has 23 atom stereocenters. The molecule has 660 valence electrons. The molecule has 0 radical (unpaired) electrons. The van der Waals surface area contributed by atoms with Crippen LogP contribution in [0.5, 0.6) is 46.0 Å². The molecule has 11 bridgehead atoms. The van der Waals surface area contributed by atoms with Gasteiger partial charge in [0.1, 0.15) is 120 Å². The average molecular weight is 1740 g/mol. The van der Waals surface area contributed by atoms with Gasteiger partial charge in [0.25, 0.3) is 0 Å². The minimum absolute atomic E-state index is 0.116. The van der Waals surface area contributed by atoms with E-state index in [-0.39, 0.29) is 47.7 Å². The molecule has 8 aliphatic rings. The Hall–Kier alpha value is -9.89. The van der Waals surface area contributed by atoms with Gasteiger partial charge >= 0.3 is 0 Å². The average Bonchev–Trinajstić information content (AvgIpc) is 0.789. The van der Waals surface area contributed by atoms with Gasteiger partial charge in [-0.15, -0.1) is 0 Å². The molecule has 3 fully saturated rings. The van der Waals surface area contributed by atoms with Crippen LogP contribution in [-0.2, 0) is 57.2 Å². The summed E-state index contributed by atoms with van der Waals surface area (Å²) in [6.07, 6.45) is -30.7. The molecule has 38 nitrogen and oxygen atoms in total. The lowest BCUT2D eigenvalue weighted by Crippen LogP contribution is -2.65. The zero-order valence-corrected chi connectivity index (χ0v) is 68.6. The van der Waals surface area contributed by atoms with Crippen LogP contribution in [0.4, 0.5) is 5.69 Å². The summed E-state index contributed by atoms with van der Waals surface area (Å²) in [5.41, 5.74) is 10.6. The molecule has 122 heavy (non-hydrogen) atoms. The first kappa shape index (κ1) is 91.3. The largest absolute Gasteiger partial charge is 0.508 e. The van der Waals surface area contributed by atoms with Crippen LogP contribution in [0.15, 0.2) is 103 Å². The summed E-state index contributed by atoms with van der Waals surface area (Å²) in [4.78, 5) is 108. The van der Waals surface area contributed by atoms with Crippen molar-refractivity contribution in [2.45, 2.75) is 201 Å². The number of ether oxygens (including phenoxy) is 8. The van der Waals surface area contributed by atoms with Gasteiger partial charge in [0.2, 0.25) is 53.4 Å². The molecule has 2 unspecified atom stereocenters. The number of phenolic OH excluding ortho intramolecular Hbond substituents is 3. The van der Waals surface area contributed by atoms with E-state index in [1.54, 1.807) is 0 Å². The van der Waals surface area contributed by atoms with Crippen LogP contribution in [-0.4, -0.2) is 252 Å². The molecule has 6 aromatic carbocycles. The first-order valence-electron chi connectivity index (χ1n) is 39.5. The van der Waals surface area contributed by atoms with Crippen molar-refractivity contribution in [3.63, 3.8) is 0 Å². The van der Waals surface area contributed by atoms with Gasteiger partial charge in [0.05, 0.1) is 41.3 Å². The number of fused-ring (bicyclic) bond motifs is 15. The minimum Gasteiger partial charge on any atom is -0.508 e. The van der Waals surface area contributed by atoms with E-state index in [0.717, 1.165) is 59.8 Å². The molecule has 24 N–H and O–H groups in total. The highest BCUT2D eigenvalue weighted by atomic mass is 35.5. The summed E-state index contributed by atoms with van der Waals surface area (Å²) in [5.74, 6) is -14.1. The lowest BCUT2D eigenvalue weighted by molar-refractivity contribution is -0.350. The third-order valence-corrected chi connectivity index (χ3v) is 22.7. The summed E-state index contributed by atoms with van der Waals surface area (Å²) in [7, 11) is 1.47. The Kier molecular flexibility index (Phi) is 28.8. The number of hydrogen-bond donors (Lipinski definition) is 22. The van der Waals surface area contributed by atoms with E-state index in [1.807, 2.05) is 52.0 Å². The summed E-state index contributed by atoms with van der Waals surface area (Å²) < 4.78 is 51.3. The van der Waals surface area contributed by atoms with Crippen LogP contribution >= 0.6 is 23.2 Å². The van der Waals surface area contributed by atoms with E-state index >= 15 is 24.0 Å². The van der Waals surface area contributed by atoms with Gasteiger partial charge in [-0.3, -0.25) is 33.6 Å². The van der Waals surface area contributed by atoms with Crippen LogP contribution in [0.1, 0.15) is 118 Å². The Morgan fingerprint density at radius 3 is 1.96 bits per heavy atom. The topological polar surface area (TPSA) is 588 Å². The second kappa shape index (κ2) is 38.5. The number of aliphatic hydroxyl groups excluding tert-OH is 9. The number of aryl methyl sites for hydroxylation is 1. The molecule has 14 rings (SSSR count). The number of aromatic hydroxyl groups is 3. The Balaban J connectivity index is 1.02. The van der Waals surface area contributed by atoms with Gasteiger partial charge in [-0.05, 0) is 142 Å². The number of phenols is 3. The summed E-state index contributed by atoms with van der Waals surface area (Å²) >= 11 is 14.5. The van der Waals surface area contributed by atoms with Crippen molar-refractivity contribution in [1.29, 1.82) is 0 Å². The maximum absolute atomic E-state index is 16.4. The molecule has 8 aliphatic heterocycles. The number of benzene rings is 6. The molecule has 0 spiro atoms. The fourth-order valence-corrected chi connectivity index (χ4v) is 16.0. The van der Waals surface area contributed by atoms with Crippen molar-refractivity contribution in [3.8, 4) is 57.1 Å². The molecule has 0 aliphatic carbocycles. The highest BCUT2D eigenvalue weighted by molar-refractivity contribution is 6.32. The predicted octanol–water partition coefficient (Wildman–Crippen LogP) is 0.228. The number of rotatable bonds is 21. The smallest absolute Gasteiger partial charge is 0.248 e. The molecule has 6 aromatic rings. The lowest BCUT2D eigenvalue weighted by atomic mass is 9.86. The molecule has 3 saturated heterocycles. The third kappa shape index (κ3) is 20.1. The summed E-state index contributed by atoms with van der Waals surface area (Å²) in [5, 5.41) is 160. The van der Waals surface area contributed by atoms with E-state index in [9.17, 15) is 70.9 Å². The zero-order chi connectivity index (χ0) is 88.4. The van der Waals surface area contributed by atoms with E-state index in [2.05, 4.69) is 47.4 Å². The fourth-order valence-electron chi connectivity index (χ4n) is 15.5. The normalized spacial score (nSPS) is 30.2. The lowest BCUT2D eigenvalue weighted by Gasteiger charge is -2.46. The number of anilines is 1. The maximum atomic E-state index is 16.4. The van der Waals surface area contributed by atoms with Crippen LogP contribution in [0.25, 0.3) is 11.1 Å². The molecule has 7 amide bonds. The monoisotopic (exact) mass is 1740 g/mol. The molecular formula is C82H101Cl2N11O27. The van der Waals surface area contributed by atoms with Gasteiger partial charge in [0.15, 0.2) is 30.3 Å². The number of carbonyl (C=O) groups excluding carboxylic acids is 7. The molecule has 8 heterocycles. The van der Waals surface area contributed by atoms with E-state index in [0.29, 0.717) is 19.6 Å². The number of hydrogen-bond acceptors (Lipinski definition) is 31. The Morgan fingerprint density at radius 1 is 0.680 bits per heavy atom. The van der Waals surface area contributed by atoms with Crippen LogP contribution in [0.2, 0.25) is 10.0 Å². The van der Waals surface area contributed by atoms with E-state index < -0.39 is 267 Å². The van der Waals surface area contributed by atoms with Crippen molar-refractivity contribution in [2.24, 2.45) is 17.4 Å². The van der Waals surface area contributed by atoms with E-state index in [4.69, 9.17) is 72.6 Å². The first-order chi connectivity index (χ1) is 57.8. The summed E-state index contributed by atoms with van der Waals surface area (Å²) in [6.45, 7) is 10.8. The highest BCUT2D eigenvalue weighted by Crippen LogP contribution is 2.50. The molecule has 40 heteroatoms. The van der Waals surface area contributed by atoms with Gasteiger partial charge in [0, 0.05) is 66.6 Å². The number of amides is 7. The van der Waals surface area contributed by atoms with Crippen LogP contribution < -0.4 is 73.1 Å².